The van der Waals surface area contributed by atoms with Crippen molar-refractivity contribution in [2.75, 3.05) is 26.3 Å². The van der Waals surface area contributed by atoms with Crippen LogP contribution in [0.5, 0.6) is 0 Å². The molecule has 6 nitrogen and oxygen atoms in total. The summed E-state index contributed by atoms with van der Waals surface area (Å²) in [6.07, 6.45) is 0. The number of hydrogen-bond donors (Lipinski definition) is 2. The largest absolute Gasteiger partial charge is 0.480 e. The van der Waals surface area contributed by atoms with Gasteiger partial charge in [-0.15, -0.1) is 11.3 Å². The van der Waals surface area contributed by atoms with Crippen LogP contribution in [-0.4, -0.2) is 54.2 Å². The number of carboxylic acid groups (broad SMARTS) is 1. The predicted molar refractivity (Wildman–Crippen MR) is 74.7 cm³/mol. The molecule has 1 aliphatic rings. The number of nitrogens with zero attached hydrogens (tertiary/aromatic N) is 1. The molecule has 0 bridgehead atoms. The highest BCUT2D eigenvalue weighted by Gasteiger charge is 2.30. The van der Waals surface area contributed by atoms with E-state index in [0.29, 0.717) is 13.2 Å². The van der Waals surface area contributed by atoms with Gasteiger partial charge < -0.3 is 15.2 Å². The van der Waals surface area contributed by atoms with Crippen molar-refractivity contribution < 1.29 is 19.4 Å². The summed E-state index contributed by atoms with van der Waals surface area (Å²) in [6.45, 7) is 3.03. The van der Waals surface area contributed by atoms with E-state index in [1.807, 2.05) is 24.4 Å². The van der Waals surface area contributed by atoms with Gasteiger partial charge in [0.2, 0.25) is 5.91 Å². The molecule has 1 saturated heterocycles. The Morgan fingerprint density at radius 3 is 3.10 bits per heavy atom. The van der Waals surface area contributed by atoms with Crippen LogP contribution in [0.2, 0.25) is 0 Å². The lowest BCUT2D eigenvalue weighted by Crippen LogP contribution is -2.53. The average molecular weight is 298 g/mol. The number of carboxylic acids is 1. The van der Waals surface area contributed by atoms with E-state index in [1.54, 1.807) is 16.2 Å². The summed E-state index contributed by atoms with van der Waals surface area (Å²) in [6, 6.07) is 3.09. The normalized spacial score (nSPS) is 21.4. The van der Waals surface area contributed by atoms with Crippen LogP contribution >= 0.6 is 11.3 Å². The van der Waals surface area contributed by atoms with E-state index in [-0.39, 0.29) is 25.1 Å². The van der Waals surface area contributed by atoms with E-state index in [9.17, 15) is 9.59 Å². The van der Waals surface area contributed by atoms with Crippen LogP contribution in [0.1, 0.15) is 17.8 Å². The molecule has 1 amide bonds. The lowest BCUT2D eigenvalue weighted by Gasteiger charge is -2.32. The van der Waals surface area contributed by atoms with Gasteiger partial charge >= 0.3 is 5.97 Å². The number of rotatable bonds is 5. The zero-order valence-electron chi connectivity index (χ0n) is 11.2. The fourth-order valence-electron chi connectivity index (χ4n) is 2.14. The summed E-state index contributed by atoms with van der Waals surface area (Å²) in [5.74, 6) is -1.12. The van der Waals surface area contributed by atoms with E-state index in [0.717, 1.165) is 4.88 Å². The SMILES string of the molecule is CC(NC(=O)CN1CCOCC1C(=O)O)c1cccs1. The van der Waals surface area contributed by atoms with Crippen molar-refractivity contribution in [3.8, 4) is 0 Å². The maximum Gasteiger partial charge on any atom is 0.323 e. The fourth-order valence-corrected chi connectivity index (χ4v) is 2.87. The lowest BCUT2D eigenvalue weighted by molar-refractivity contribution is -0.150. The molecule has 20 heavy (non-hydrogen) atoms. The molecule has 1 fully saturated rings. The second kappa shape index (κ2) is 6.83. The van der Waals surface area contributed by atoms with E-state index in [4.69, 9.17) is 9.84 Å². The molecule has 1 aromatic heterocycles. The van der Waals surface area contributed by atoms with Gasteiger partial charge in [-0.25, -0.2) is 0 Å². The molecule has 2 N–H and O–H groups in total. The molecule has 2 unspecified atom stereocenters. The van der Waals surface area contributed by atoms with Crippen LogP contribution in [0.3, 0.4) is 0 Å². The van der Waals surface area contributed by atoms with Crippen LogP contribution in [0.25, 0.3) is 0 Å². The summed E-state index contributed by atoms with van der Waals surface area (Å²) in [4.78, 5) is 25.8. The Hall–Kier alpha value is -1.44. The third-order valence-corrected chi connectivity index (χ3v) is 4.27. The number of thiophene rings is 1. The van der Waals surface area contributed by atoms with E-state index >= 15 is 0 Å². The first-order chi connectivity index (χ1) is 9.58. The minimum absolute atomic E-state index is 0.0631. The third-order valence-electron chi connectivity index (χ3n) is 3.22. The molecule has 1 aliphatic heterocycles. The summed E-state index contributed by atoms with van der Waals surface area (Å²) in [7, 11) is 0. The predicted octanol–water partition coefficient (Wildman–Crippen LogP) is 0.711. The summed E-state index contributed by atoms with van der Waals surface area (Å²) in [5, 5.41) is 13.9. The molecule has 2 rings (SSSR count). The van der Waals surface area contributed by atoms with Gasteiger partial charge in [-0.3, -0.25) is 14.5 Å². The first-order valence-electron chi connectivity index (χ1n) is 6.45. The van der Waals surface area contributed by atoms with Crippen LogP contribution < -0.4 is 5.32 Å². The van der Waals surface area contributed by atoms with E-state index in [1.165, 1.54) is 0 Å². The van der Waals surface area contributed by atoms with Gasteiger partial charge in [0.15, 0.2) is 0 Å². The quantitative estimate of drug-likeness (QED) is 0.837. The van der Waals surface area contributed by atoms with Crippen LogP contribution in [0, 0.1) is 0 Å². The maximum atomic E-state index is 12.0. The van der Waals surface area contributed by atoms with E-state index in [2.05, 4.69) is 5.32 Å². The van der Waals surface area contributed by atoms with Gasteiger partial charge in [-0.1, -0.05) is 6.07 Å². The van der Waals surface area contributed by atoms with Gasteiger partial charge in [0.1, 0.15) is 6.04 Å². The Balaban J connectivity index is 1.88. The Morgan fingerprint density at radius 1 is 1.65 bits per heavy atom. The lowest BCUT2D eigenvalue weighted by atomic mass is 10.2. The van der Waals surface area contributed by atoms with Crippen molar-refractivity contribution in [3.63, 3.8) is 0 Å². The maximum absolute atomic E-state index is 12.0. The zero-order valence-corrected chi connectivity index (χ0v) is 12.1. The highest BCUT2D eigenvalue weighted by atomic mass is 32.1. The number of morpholine rings is 1. The number of carbonyl (C=O) groups is 2. The molecule has 110 valence electrons. The summed E-state index contributed by atoms with van der Waals surface area (Å²) in [5.41, 5.74) is 0. The molecule has 0 saturated carbocycles. The zero-order chi connectivity index (χ0) is 14.5. The number of amides is 1. The van der Waals surface area contributed by atoms with Gasteiger partial charge in [0.05, 0.1) is 25.8 Å². The third kappa shape index (κ3) is 3.78. The first kappa shape index (κ1) is 15.0. The minimum Gasteiger partial charge on any atom is -0.480 e. The van der Waals surface area contributed by atoms with E-state index < -0.39 is 12.0 Å². The van der Waals surface area contributed by atoms with Crippen molar-refractivity contribution >= 4 is 23.2 Å². The van der Waals surface area contributed by atoms with Gasteiger partial charge in [0, 0.05) is 11.4 Å². The number of aliphatic carboxylic acids is 1. The fraction of sp³-hybridized carbons (Fsp3) is 0.538. The van der Waals surface area contributed by atoms with Crippen molar-refractivity contribution in [2.24, 2.45) is 0 Å². The number of ether oxygens (including phenoxy) is 1. The van der Waals surface area contributed by atoms with Crippen molar-refractivity contribution in [3.05, 3.63) is 22.4 Å². The molecule has 0 radical (unpaired) electrons. The van der Waals surface area contributed by atoms with Crippen LogP contribution in [0.4, 0.5) is 0 Å². The molecule has 0 aliphatic carbocycles. The van der Waals surface area contributed by atoms with Crippen LogP contribution in [-0.2, 0) is 14.3 Å². The first-order valence-corrected chi connectivity index (χ1v) is 7.33. The second-order valence-corrected chi connectivity index (χ2v) is 5.68. The highest BCUT2D eigenvalue weighted by molar-refractivity contribution is 7.10. The molecule has 2 heterocycles. The van der Waals surface area contributed by atoms with Gasteiger partial charge in [-0.05, 0) is 18.4 Å². The molecule has 0 spiro atoms. The highest BCUT2D eigenvalue weighted by Crippen LogP contribution is 2.18. The molecule has 2 atom stereocenters. The monoisotopic (exact) mass is 298 g/mol. The van der Waals surface area contributed by atoms with Crippen molar-refractivity contribution in [1.82, 2.24) is 10.2 Å². The van der Waals surface area contributed by atoms with Gasteiger partial charge in [-0.2, -0.15) is 0 Å². The Morgan fingerprint density at radius 2 is 2.45 bits per heavy atom. The standard InChI is InChI=1S/C13H18N2O4S/c1-9(11-3-2-6-20-11)14-12(16)7-15-4-5-19-8-10(15)13(17)18/h2-3,6,9-10H,4-5,7-8H2,1H3,(H,14,16)(H,17,18). The number of hydrogen-bond acceptors (Lipinski definition) is 5. The van der Waals surface area contributed by atoms with Crippen LogP contribution in [0.15, 0.2) is 17.5 Å². The molecule has 0 aromatic carbocycles. The Kier molecular flexibility index (Phi) is 5.11. The Labute approximate surface area is 121 Å². The second-order valence-electron chi connectivity index (χ2n) is 4.70. The number of carbonyl (C=O) groups excluding carboxylic acids is 1. The topological polar surface area (TPSA) is 78.9 Å². The summed E-state index contributed by atoms with van der Waals surface area (Å²) < 4.78 is 5.14. The van der Waals surface area contributed by atoms with Gasteiger partial charge in [0.25, 0.3) is 0 Å². The molecule has 7 heteroatoms. The smallest absolute Gasteiger partial charge is 0.323 e. The minimum atomic E-state index is -0.955. The Bertz CT molecular complexity index is 463. The average Bonchev–Trinajstić information content (AvgIpc) is 2.92. The van der Waals surface area contributed by atoms with Crippen molar-refractivity contribution in [2.45, 2.75) is 19.0 Å². The van der Waals surface area contributed by atoms with Crippen molar-refractivity contribution in [1.29, 1.82) is 0 Å². The number of nitrogens with one attached hydrogen (secondary N) is 1. The molecular formula is C13H18N2O4S. The molecule has 1 aromatic rings. The summed E-state index contributed by atoms with van der Waals surface area (Å²) >= 11 is 1.58. The molecular weight excluding hydrogens is 280 g/mol.